The molecule has 0 unspecified atom stereocenters. The first-order valence-corrected chi connectivity index (χ1v) is 43.1. The van der Waals surface area contributed by atoms with E-state index < -0.39 is 233 Å². The summed E-state index contributed by atoms with van der Waals surface area (Å²) in [7, 11) is 0. The molecule has 0 spiro atoms. The number of aryl methyl sites for hydroxylation is 3. The maximum Gasteiger partial charge on any atom is 0.232 e. The van der Waals surface area contributed by atoms with E-state index in [-0.39, 0.29) is 94.9 Å². The molecule has 0 aromatic heterocycles. The predicted octanol–water partition coefficient (Wildman–Crippen LogP) is 15.8. The van der Waals surface area contributed by atoms with Crippen LogP contribution < -0.4 is 41.9 Å². The number of amides is 4. The number of likely N-dealkylation sites (tertiary alicyclic amines) is 4. The Balaban J connectivity index is 0.000000144. The molecular formula is C112H120N8O8. The highest BCUT2D eigenvalue weighted by Gasteiger charge is 2.54. The van der Waals surface area contributed by atoms with Crippen molar-refractivity contribution in [2.24, 2.45) is 46.6 Å². The smallest absolute Gasteiger partial charge is 0.232 e. The Hall–Kier alpha value is -12.4. The molecule has 16 heteroatoms. The van der Waals surface area contributed by atoms with Crippen LogP contribution in [0.15, 0.2) is 315 Å². The lowest BCUT2D eigenvalue weighted by atomic mass is 9.64. The number of rotatable bonds is 28. The van der Waals surface area contributed by atoms with Crippen molar-refractivity contribution in [1.82, 2.24) is 19.6 Å². The molecule has 0 saturated carbocycles. The Morgan fingerprint density at radius 1 is 0.320 bits per heavy atom. The third kappa shape index (κ3) is 18.4. The molecular weight excluding hydrogens is 1590 g/mol. The Labute approximate surface area is 799 Å². The second-order valence-electron chi connectivity index (χ2n) is 33.0. The lowest BCUT2D eigenvalue weighted by Crippen LogP contribution is -2.49. The van der Waals surface area contributed by atoms with E-state index in [0.717, 1.165) is 65.9 Å². The molecule has 8 aliphatic rings. The van der Waals surface area contributed by atoms with Crippen LogP contribution in [0.25, 0.3) is 0 Å². The van der Waals surface area contributed by atoms with E-state index >= 15 is 0 Å². The summed E-state index contributed by atoms with van der Waals surface area (Å²) in [4.78, 5) is 61.6. The van der Waals surface area contributed by atoms with E-state index in [1.54, 1.807) is 47.4 Å². The van der Waals surface area contributed by atoms with E-state index in [2.05, 4.69) is 11.0 Å². The number of hydrogen-bond acceptors (Lipinski definition) is 12. The number of ether oxygens (including phenoxy) is 4. The quantitative estimate of drug-likeness (QED) is 0.0360. The summed E-state index contributed by atoms with van der Waals surface area (Å²) in [6.45, 7) is -1.67. The highest BCUT2D eigenvalue weighted by atomic mass is 16.5. The van der Waals surface area contributed by atoms with Crippen LogP contribution in [0, 0.1) is 23.7 Å². The minimum Gasteiger partial charge on any atom is -0.493 e. The van der Waals surface area contributed by atoms with Crippen molar-refractivity contribution >= 4 is 23.6 Å². The van der Waals surface area contributed by atoms with Crippen LogP contribution in [0.4, 0.5) is 0 Å². The van der Waals surface area contributed by atoms with Gasteiger partial charge in [-0.15, -0.1) is 0 Å². The lowest BCUT2D eigenvalue weighted by molar-refractivity contribution is -0.124. The molecule has 4 amide bonds. The number of carbonyl (C=O) groups excluding carboxylic acids is 4. The van der Waals surface area contributed by atoms with Crippen molar-refractivity contribution in [1.29, 1.82) is 0 Å². The number of hydrogen-bond donors (Lipinski definition) is 4. The first-order chi connectivity index (χ1) is 75.4. The summed E-state index contributed by atoms with van der Waals surface area (Å²) in [6, 6.07) is 44.7. The second kappa shape index (κ2) is 40.3. The van der Waals surface area contributed by atoms with Gasteiger partial charge in [-0.1, -0.05) is 291 Å². The Morgan fingerprint density at radius 2 is 0.578 bits per heavy atom. The average Bonchev–Trinajstić information content (AvgIpc) is 1.13. The Morgan fingerprint density at radius 3 is 0.875 bits per heavy atom. The minimum atomic E-state index is -2.56. The summed E-state index contributed by atoms with van der Waals surface area (Å²) in [5.41, 5.74) is 24.2. The molecule has 656 valence electrons. The molecule has 128 heavy (non-hydrogen) atoms. The summed E-state index contributed by atoms with van der Waals surface area (Å²) in [5.74, 6) is -3.49. The molecule has 8 aliphatic heterocycles. The van der Waals surface area contributed by atoms with Crippen molar-refractivity contribution in [3.05, 3.63) is 404 Å². The summed E-state index contributed by atoms with van der Waals surface area (Å²) in [5, 5.41) is 0. The van der Waals surface area contributed by atoms with Crippen LogP contribution >= 0.6 is 0 Å². The fraction of sp³-hybridized carbons (Fsp3) is 0.321. The topological polar surface area (TPSA) is 222 Å². The highest BCUT2D eigenvalue weighted by molar-refractivity contribution is 5.94. The third-order valence-corrected chi connectivity index (χ3v) is 26.0. The summed E-state index contributed by atoms with van der Waals surface area (Å²) >= 11 is 0. The maximum absolute atomic E-state index is 13.8. The van der Waals surface area contributed by atoms with Gasteiger partial charge in [-0.25, -0.2) is 0 Å². The van der Waals surface area contributed by atoms with Gasteiger partial charge in [0.15, 0.2) is 0 Å². The normalized spacial score (nSPS) is 23.7. The number of fused-ring (bicyclic) bond motifs is 4. The molecule has 8 N–H and O–H groups in total. The molecule has 4 fully saturated rings. The average molecular weight is 1740 g/mol. The summed E-state index contributed by atoms with van der Waals surface area (Å²) in [6.07, 6.45) is -1.78. The molecule has 0 aliphatic carbocycles. The zero-order valence-electron chi connectivity index (χ0n) is 103. The van der Waals surface area contributed by atoms with Gasteiger partial charge in [-0.2, -0.15) is 0 Å². The van der Waals surface area contributed by atoms with Gasteiger partial charge in [0.1, 0.15) is 44.7 Å². The minimum absolute atomic E-state index is 0.0271. The SMILES string of the molecule is [2H]C1([2H])COc2ccc(CC([2H])([2H])N3CC[C@@H](C(C(N)=O)(c4ccccc4)c4ccccc4)C3)cc21.[2H]C1([2H])Cc2cc(CCN3CC[C@@H](C(C(N)=O)(c4ccccc4)c4ccccc4)C3)ccc2O1.[2H]c1c([2H])c([2H])c(C(C(N)=O)(c2c([2H])c([2H])c([2H])c([2H])c2[2H])[C@@H]2CCN(C([2H])([2H])Cc3ccc4c(c3)C([2H])([2H])CO4)C2)c([2H])c1[2H].[2H]c1c([2H])c([2H])c(C(C(N)=O)(c2c([2H])c([2H])c([2H])c([2H])c2[2H])[C@@H]2CCN(CCc3ccc4c(c3)C([2H])([2H])CO4)C2)c([2H])c1[2H]. The first kappa shape index (κ1) is 56.7. The molecule has 4 saturated heterocycles. The fourth-order valence-corrected chi connectivity index (χ4v) is 19.8. The number of carbonyl (C=O) groups is 4. The van der Waals surface area contributed by atoms with E-state index in [1.807, 2.05) is 144 Å². The molecule has 12 aromatic rings. The van der Waals surface area contributed by atoms with Crippen LogP contribution in [0.3, 0.4) is 0 Å². The van der Waals surface area contributed by atoms with Crippen LogP contribution in [0.1, 0.15) is 159 Å². The number of nitrogens with zero attached hydrogens (tertiary/aromatic N) is 4. The molecule has 12 aromatic carbocycles. The summed E-state index contributed by atoms with van der Waals surface area (Å²) < 4.78 is 291. The van der Waals surface area contributed by atoms with E-state index in [1.165, 1.54) is 16.5 Å². The third-order valence-electron chi connectivity index (χ3n) is 26.0. The van der Waals surface area contributed by atoms with Crippen LogP contribution in [-0.4, -0.2) is 148 Å². The second-order valence-corrected chi connectivity index (χ2v) is 33.0. The van der Waals surface area contributed by atoms with Crippen molar-refractivity contribution in [2.45, 2.75) is 98.6 Å². The lowest BCUT2D eigenvalue weighted by Gasteiger charge is -2.37. The van der Waals surface area contributed by atoms with E-state index in [0.29, 0.717) is 84.3 Å². The molecule has 0 radical (unpaired) electrons. The van der Waals surface area contributed by atoms with Gasteiger partial charge >= 0.3 is 0 Å². The van der Waals surface area contributed by atoms with E-state index in [4.69, 9.17) is 85.7 Å². The van der Waals surface area contributed by atoms with Gasteiger partial charge in [-0.05, 0) is 214 Å². The maximum atomic E-state index is 13.8. The Kier molecular flexibility index (Phi) is 17.8. The largest absolute Gasteiger partial charge is 0.493 e. The predicted molar refractivity (Wildman–Crippen MR) is 507 cm³/mol. The number of benzene rings is 12. The van der Waals surface area contributed by atoms with Gasteiger partial charge in [-0.3, -0.25) is 19.2 Å². The van der Waals surface area contributed by atoms with Crippen LogP contribution in [0.5, 0.6) is 23.0 Å². The number of nitrogens with two attached hydrogens (primary N) is 4. The van der Waals surface area contributed by atoms with Gasteiger partial charge in [0.05, 0.1) is 56.5 Å². The Bertz CT molecular complexity index is 7330. The first-order valence-electron chi connectivity index (χ1n) is 59.1. The van der Waals surface area contributed by atoms with E-state index in [9.17, 15) is 19.2 Å². The standard InChI is InChI=1S/4C28H30N2O2/c4*29-27(31)28(23-7-3-1-4-8-23,24-9-5-2-6-10-24)25-14-17-30(20-25)16-13-21-11-12-26-22(19-21)15-18-32-26/h4*1-12,19,25H,13-18,20H2,(H2,29,31)/t4*25-/m1111/s1/i1D,2D,3D,4D,5D,6D,7D,8D,9D,10D,15D2,16D2;1D,2D,3D,4D,5D,6D,7D,8D,9D,10D,15D2;15D2,16D2;18D2. The van der Waals surface area contributed by atoms with Crippen molar-refractivity contribution in [3.8, 4) is 23.0 Å². The van der Waals surface area contributed by atoms with Gasteiger partial charge in [0, 0.05) is 91.5 Å². The number of primary amides is 4. The van der Waals surface area contributed by atoms with Crippen molar-refractivity contribution in [3.63, 3.8) is 0 Å². The zero-order chi connectivity index (χ0) is 116. The molecule has 8 heterocycles. The molecule has 16 nitrogen and oxygen atoms in total. The zero-order valence-corrected chi connectivity index (χ0v) is 70.7. The molecule has 4 atom stereocenters. The van der Waals surface area contributed by atoms with Crippen molar-refractivity contribution < 1.29 is 82.0 Å². The van der Waals surface area contributed by atoms with Crippen molar-refractivity contribution in [2.75, 3.05) is 105 Å². The highest BCUT2D eigenvalue weighted by Crippen LogP contribution is 2.49. The molecule has 0 bridgehead atoms. The van der Waals surface area contributed by atoms with Gasteiger partial charge in [0.25, 0.3) is 0 Å². The van der Waals surface area contributed by atoms with Gasteiger partial charge in [0.2, 0.25) is 23.6 Å². The monoisotopic (exact) mass is 1740 g/mol. The van der Waals surface area contributed by atoms with Crippen LogP contribution in [0.2, 0.25) is 0 Å². The molecule has 20 rings (SSSR count). The van der Waals surface area contributed by atoms with Crippen LogP contribution in [-0.2, 0) is 92.1 Å². The fourth-order valence-electron chi connectivity index (χ4n) is 19.8. The van der Waals surface area contributed by atoms with Gasteiger partial charge < -0.3 is 61.5 Å².